The summed E-state index contributed by atoms with van der Waals surface area (Å²) in [5.74, 6) is -16.9. The first-order chi connectivity index (χ1) is 14.4. The van der Waals surface area contributed by atoms with E-state index < -0.39 is 100 Å². The van der Waals surface area contributed by atoms with Crippen LogP contribution < -0.4 is 0 Å². The fourth-order valence-corrected chi connectivity index (χ4v) is 4.70. The molecule has 178 valence electrons. The molecule has 16 nitrogen and oxygen atoms in total. The van der Waals surface area contributed by atoms with Crippen LogP contribution in [0.5, 0.6) is 0 Å². The van der Waals surface area contributed by atoms with E-state index in [9.17, 15) is 79.2 Å². The van der Waals surface area contributed by atoms with Crippen LogP contribution in [0.15, 0.2) is 0 Å². The van der Waals surface area contributed by atoms with Crippen LogP contribution in [0, 0.1) is 10.8 Å². The molecule has 8 N–H and O–H groups in total. The molecule has 0 aliphatic carbocycles. The summed E-state index contributed by atoms with van der Waals surface area (Å²) in [5, 5.41) is 73.0. The molecule has 0 aliphatic heterocycles. The van der Waals surface area contributed by atoms with E-state index in [1.54, 1.807) is 0 Å². The minimum atomic E-state index is -4.17. The van der Waals surface area contributed by atoms with Gasteiger partial charge in [0.25, 0.3) is 0 Å². The third kappa shape index (κ3) is 5.05. The van der Waals surface area contributed by atoms with E-state index in [1.165, 1.54) is 0 Å². The Kier molecular flexibility index (Phi) is 8.74. The normalized spacial score (nSPS) is 11.9. The summed E-state index contributed by atoms with van der Waals surface area (Å²) in [6.45, 7) is 0. The van der Waals surface area contributed by atoms with Crippen LogP contribution in [0.1, 0.15) is 25.7 Å². The molecule has 0 saturated carbocycles. The van der Waals surface area contributed by atoms with E-state index in [0.29, 0.717) is 0 Å². The number of carbonyl (C=O) groups is 8. The van der Waals surface area contributed by atoms with Gasteiger partial charge in [-0.1, -0.05) is 0 Å². The largest absolute Gasteiger partial charge is 0.481 e. The molecule has 0 fully saturated rings. The first kappa shape index (κ1) is 28.1. The third-order valence-corrected chi connectivity index (χ3v) is 5.96. The lowest BCUT2D eigenvalue weighted by atomic mass is 9.55. The number of thioether (sulfide) groups is 1. The number of hydrogen-bond donors (Lipinski definition) is 8. The Morgan fingerprint density at radius 3 is 0.844 bits per heavy atom. The Bertz CT molecular complexity index is 787. The molecule has 32 heavy (non-hydrogen) atoms. The molecule has 0 radical (unpaired) electrons. The maximum absolute atomic E-state index is 12.4. The van der Waals surface area contributed by atoms with Crippen molar-refractivity contribution in [2.75, 3.05) is 0 Å². The van der Waals surface area contributed by atoms with Crippen LogP contribution in [-0.2, 0) is 33.6 Å². The topological polar surface area (TPSA) is 298 Å². The molecule has 0 rings (SSSR count). The quantitative estimate of drug-likeness (QED) is 0.150. The van der Waals surface area contributed by atoms with Crippen molar-refractivity contribution in [1.82, 2.24) is 0 Å². The van der Waals surface area contributed by atoms with Crippen molar-refractivity contribution in [2.24, 2.45) is 10.8 Å². The number of carboxylic acids is 7. The van der Waals surface area contributed by atoms with Crippen molar-refractivity contribution in [1.29, 1.82) is 0 Å². The second-order valence-electron chi connectivity index (χ2n) is 6.41. The van der Waals surface area contributed by atoms with Gasteiger partial charge >= 0.3 is 47.1 Å². The highest BCUT2D eigenvalue weighted by Crippen LogP contribution is 2.60. The van der Waals surface area contributed by atoms with Gasteiger partial charge in [-0.2, -0.15) is 0 Å². The highest BCUT2D eigenvalue weighted by molar-refractivity contribution is 8.15. The second kappa shape index (κ2) is 9.94. The fraction of sp³-hybridized carbons (Fsp3) is 0.467. The second-order valence-corrected chi connectivity index (χ2v) is 7.58. The number of hydrogen-bond acceptors (Lipinski definition) is 9. The van der Waals surface area contributed by atoms with Crippen LogP contribution in [0.4, 0.5) is 4.79 Å². The van der Waals surface area contributed by atoms with Crippen LogP contribution in [0.3, 0.4) is 0 Å². The molecule has 0 aliphatic rings. The van der Waals surface area contributed by atoms with Gasteiger partial charge in [0.2, 0.25) is 0 Å². The van der Waals surface area contributed by atoms with E-state index in [4.69, 9.17) is 0 Å². The number of rotatable bonds is 14. The zero-order chi connectivity index (χ0) is 25.7. The van der Waals surface area contributed by atoms with Gasteiger partial charge in [-0.15, -0.1) is 0 Å². The Labute approximate surface area is 180 Å². The van der Waals surface area contributed by atoms with Gasteiger partial charge in [0.1, 0.15) is 10.8 Å². The standard InChI is InChI=1S/C15H16O16S/c16-5(17)1-13(9(24)25,2-6(18)19)15(11(28)29,32-12(30)31)14(10(26)27,3-7(20)21)4-8(22)23/h1-4H2,(H,16,17)(H,18,19)(H,20,21)(H,22,23)(H,24,25)(H,26,27)(H,28,29)(H,30,31). The number of aliphatic carboxylic acids is 7. The zero-order valence-corrected chi connectivity index (χ0v) is 16.4. The molecule has 0 aromatic heterocycles. The van der Waals surface area contributed by atoms with Crippen LogP contribution in [-0.4, -0.2) is 92.7 Å². The summed E-state index contributed by atoms with van der Waals surface area (Å²) in [4.78, 5) is 93.9. The summed E-state index contributed by atoms with van der Waals surface area (Å²) in [5.41, 5.74) is -7.72. The van der Waals surface area contributed by atoms with Crippen molar-refractivity contribution in [3.8, 4) is 0 Å². The van der Waals surface area contributed by atoms with Gasteiger partial charge in [-0.3, -0.25) is 33.6 Å². The monoisotopic (exact) mass is 484 g/mol. The van der Waals surface area contributed by atoms with Gasteiger partial charge in [0.15, 0.2) is 4.75 Å². The highest BCUT2D eigenvalue weighted by atomic mass is 32.2. The molecule has 17 heteroatoms. The highest BCUT2D eigenvalue weighted by Gasteiger charge is 2.77. The predicted octanol–water partition coefficient (Wildman–Crippen LogP) is -0.738. The lowest BCUT2D eigenvalue weighted by molar-refractivity contribution is -0.184. The molecule has 0 spiro atoms. The third-order valence-electron chi connectivity index (χ3n) is 4.52. The average molecular weight is 484 g/mol. The Balaban J connectivity index is 8.18. The molecule has 0 atom stereocenters. The minimum Gasteiger partial charge on any atom is -0.481 e. The molecule has 0 bridgehead atoms. The molecular weight excluding hydrogens is 468 g/mol. The van der Waals surface area contributed by atoms with E-state index in [2.05, 4.69) is 0 Å². The maximum Gasteiger partial charge on any atom is 0.366 e. The minimum absolute atomic E-state index is 1.10. The van der Waals surface area contributed by atoms with Gasteiger partial charge in [-0.05, 0) is 11.8 Å². The summed E-state index contributed by atoms with van der Waals surface area (Å²) < 4.78 is -4.17. The van der Waals surface area contributed by atoms with E-state index in [0.717, 1.165) is 0 Å². The van der Waals surface area contributed by atoms with Crippen molar-refractivity contribution in [3.05, 3.63) is 0 Å². The van der Waals surface area contributed by atoms with Gasteiger partial charge < -0.3 is 40.9 Å². The van der Waals surface area contributed by atoms with Crippen LogP contribution in [0.2, 0.25) is 0 Å². The maximum atomic E-state index is 12.4. The smallest absolute Gasteiger partial charge is 0.366 e. The number of carboxylic acid groups (broad SMARTS) is 8. The molecule has 0 aromatic rings. The lowest BCUT2D eigenvalue weighted by Gasteiger charge is -2.50. The molecular formula is C15H16O16S. The SMILES string of the molecule is O=C(O)CC(CC(=O)O)(C(=O)O)C(SC(=O)O)(C(=O)O)C(CC(=O)O)(CC(=O)O)C(=O)O. The summed E-state index contributed by atoms with van der Waals surface area (Å²) in [6, 6.07) is 0. The fourth-order valence-electron chi connectivity index (χ4n) is 3.50. The van der Waals surface area contributed by atoms with E-state index in [1.807, 2.05) is 0 Å². The predicted molar refractivity (Wildman–Crippen MR) is 95.1 cm³/mol. The molecule has 0 saturated heterocycles. The Hall–Kier alpha value is -3.89. The van der Waals surface area contributed by atoms with Crippen LogP contribution in [0.25, 0.3) is 0 Å². The lowest BCUT2D eigenvalue weighted by Crippen LogP contribution is -2.69. The van der Waals surface area contributed by atoms with Gasteiger partial charge in [0.05, 0.1) is 25.7 Å². The van der Waals surface area contributed by atoms with Gasteiger partial charge in [-0.25, -0.2) is 4.79 Å². The average Bonchev–Trinajstić information content (AvgIpc) is 2.55. The first-order valence-corrected chi connectivity index (χ1v) is 8.73. The molecule has 0 aromatic carbocycles. The zero-order valence-electron chi connectivity index (χ0n) is 15.6. The molecule has 0 amide bonds. The first-order valence-electron chi connectivity index (χ1n) is 7.91. The van der Waals surface area contributed by atoms with E-state index >= 15 is 0 Å². The summed E-state index contributed by atoms with van der Waals surface area (Å²) in [7, 11) is 0. The Morgan fingerprint density at radius 2 is 0.719 bits per heavy atom. The Morgan fingerprint density at radius 1 is 0.469 bits per heavy atom. The van der Waals surface area contributed by atoms with Crippen molar-refractivity contribution in [2.45, 2.75) is 30.4 Å². The van der Waals surface area contributed by atoms with E-state index in [-0.39, 0.29) is 0 Å². The molecule has 0 unspecified atom stereocenters. The summed E-state index contributed by atoms with van der Waals surface area (Å²) >= 11 is -1.10. The van der Waals surface area contributed by atoms with Crippen molar-refractivity contribution in [3.63, 3.8) is 0 Å². The van der Waals surface area contributed by atoms with Crippen molar-refractivity contribution < 1.29 is 79.2 Å². The molecule has 0 heterocycles. The van der Waals surface area contributed by atoms with Gasteiger partial charge in [0, 0.05) is 0 Å². The van der Waals surface area contributed by atoms with Crippen molar-refractivity contribution >= 4 is 58.8 Å². The van der Waals surface area contributed by atoms with Crippen LogP contribution >= 0.6 is 11.8 Å². The summed E-state index contributed by atoms with van der Waals surface area (Å²) in [6.07, 6.45) is -8.07.